The van der Waals surface area contributed by atoms with Crippen molar-refractivity contribution in [2.45, 2.75) is 57.1 Å². The molecule has 1 aliphatic carbocycles. The van der Waals surface area contributed by atoms with Crippen molar-refractivity contribution in [3.8, 4) is 0 Å². The van der Waals surface area contributed by atoms with E-state index in [9.17, 15) is 4.79 Å². The number of likely N-dealkylation sites (tertiary alicyclic amines) is 1. The van der Waals surface area contributed by atoms with Gasteiger partial charge in [0.05, 0.1) is 12.1 Å². The second-order valence-electron chi connectivity index (χ2n) is 7.28. The first kappa shape index (κ1) is 16.3. The maximum absolute atomic E-state index is 13.0. The summed E-state index contributed by atoms with van der Waals surface area (Å²) in [5, 5.41) is 14.5. The lowest BCUT2D eigenvalue weighted by molar-refractivity contribution is 0.0678. The SMILES string of the molecule is CO[C@@H]1C[C@@H](c2nc(C3CC3)n[nH]2)N(C(=O)c2cc(C(C)C)[nH]n2)C1. The summed E-state index contributed by atoms with van der Waals surface area (Å²) in [7, 11) is 1.68. The van der Waals surface area contributed by atoms with Crippen LogP contribution in [0.2, 0.25) is 0 Å². The maximum Gasteiger partial charge on any atom is 0.275 e. The number of rotatable bonds is 5. The van der Waals surface area contributed by atoms with Crippen LogP contribution in [0.1, 0.15) is 78.8 Å². The van der Waals surface area contributed by atoms with Crippen molar-refractivity contribution >= 4 is 5.91 Å². The standard InChI is InChI=1S/C17H24N6O2/c1-9(2)12-7-13(20-19-12)17(24)23-8-11(25-3)6-14(23)16-18-15(21-22-16)10-4-5-10/h7,9-11,14H,4-6,8H2,1-3H3,(H,19,20)(H,18,21,22)/t11-,14+/m1/s1. The summed E-state index contributed by atoms with van der Waals surface area (Å²) in [6.07, 6.45) is 3.00. The van der Waals surface area contributed by atoms with Gasteiger partial charge in [-0.05, 0) is 24.8 Å². The number of H-pyrrole nitrogens is 2. The molecule has 4 rings (SSSR count). The van der Waals surface area contributed by atoms with E-state index in [4.69, 9.17) is 4.74 Å². The molecule has 0 spiro atoms. The lowest BCUT2D eigenvalue weighted by Gasteiger charge is -2.21. The molecule has 1 saturated heterocycles. The lowest BCUT2D eigenvalue weighted by atomic mass is 10.1. The molecule has 8 nitrogen and oxygen atoms in total. The minimum absolute atomic E-state index is 0.00747. The van der Waals surface area contributed by atoms with Gasteiger partial charge < -0.3 is 9.64 Å². The molecular formula is C17H24N6O2. The Labute approximate surface area is 146 Å². The topological polar surface area (TPSA) is 99.8 Å². The van der Waals surface area contributed by atoms with E-state index >= 15 is 0 Å². The number of nitrogens with zero attached hydrogens (tertiary/aromatic N) is 4. The Balaban J connectivity index is 1.58. The van der Waals surface area contributed by atoms with Crippen molar-refractivity contribution in [1.82, 2.24) is 30.3 Å². The number of ether oxygens (including phenoxy) is 1. The fourth-order valence-corrected chi connectivity index (χ4v) is 3.30. The van der Waals surface area contributed by atoms with E-state index < -0.39 is 0 Å². The molecule has 2 aromatic heterocycles. The molecular weight excluding hydrogens is 320 g/mol. The Kier molecular flexibility index (Phi) is 4.07. The number of hydrogen-bond donors (Lipinski definition) is 2. The first-order valence-electron chi connectivity index (χ1n) is 8.88. The lowest BCUT2D eigenvalue weighted by Crippen LogP contribution is -2.32. The van der Waals surface area contributed by atoms with Crippen LogP contribution in [0.15, 0.2) is 6.07 Å². The van der Waals surface area contributed by atoms with Gasteiger partial charge in [0.1, 0.15) is 11.5 Å². The van der Waals surface area contributed by atoms with Crippen LogP contribution in [0.5, 0.6) is 0 Å². The van der Waals surface area contributed by atoms with Gasteiger partial charge in [-0.1, -0.05) is 13.8 Å². The molecule has 2 N–H and O–H groups in total. The van der Waals surface area contributed by atoms with Crippen LogP contribution >= 0.6 is 0 Å². The van der Waals surface area contributed by atoms with Crippen LogP contribution in [-0.2, 0) is 4.74 Å². The highest BCUT2D eigenvalue weighted by atomic mass is 16.5. The van der Waals surface area contributed by atoms with Crippen molar-refractivity contribution in [2.75, 3.05) is 13.7 Å². The molecule has 1 aliphatic heterocycles. The molecule has 0 unspecified atom stereocenters. The fraction of sp³-hybridized carbons (Fsp3) is 0.647. The highest BCUT2D eigenvalue weighted by Crippen LogP contribution is 2.39. The quantitative estimate of drug-likeness (QED) is 0.865. The van der Waals surface area contributed by atoms with Gasteiger partial charge >= 0.3 is 0 Å². The van der Waals surface area contributed by atoms with Gasteiger partial charge in [-0.2, -0.15) is 10.2 Å². The summed E-state index contributed by atoms with van der Waals surface area (Å²) in [6.45, 7) is 4.66. The zero-order valence-electron chi connectivity index (χ0n) is 14.8. The first-order chi connectivity index (χ1) is 12.1. The second-order valence-corrected chi connectivity index (χ2v) is 7.28. The van der Waals surface area contributed by atoms with E-state index in [0.717, 1.165) is 30.2 Å². The Morgan fingerprint density at radius 1 is 1.32 bits per heavy atom. The molecule has 2 fully saturated rings. The molecule has 2 atom stereocenters. The third-order valence-electron chi connectivity index (χ3n) is 5.07. The van der Waals surface area contributed by atoms with Crippen LogP contribution in [0, 0.1) is 0 Å². The zero-order chi connectivity index (χ0) is 17.6. The average Bonchev–Trinajstić information content (AvgIpc) is 3.07. The van der Waals surface area contributed by atoms with E-state index in [2.05, 4.69) is 39.2 Å². The summed E-state index contributed by atoms with van der Waals surface area (Å²) in [6, 6.07) is 1.68. The number of amides is 1. The van der Waals surface area contributed by atoms with Gasteiger partial charge in [-0.3, -0.25) is 15.0 Å². The number of nitrogens with one attached hydrogen (secondary N) is 2. The van der Waals surface area contributed by atoms with Gasteiger partial charge in [0.15, 0.2) is 5.82 Å². The molecule has 134 valence electrons. The summed E-state index contributed by atoms with van der Waals surface area (Å²) in [4.78, 5) is 19.4. The monoisotopic (exact) mass is 344 g/mol. The molecule has 2 aromatic rings. The Morgan fingerprint density at radius 2 is 2.12 bits per heavy atom. The predicted octanol–water partition coefficient (Wildman–Crippen LogP) is 2.13. The van der Waals surface area contributed by atoms with Gasteiger partial charge in [-0.25, -0.2) is 4.98 Å². The maximum atomic E-state index is 13.0. The Hall–Kier alpha value is -2.22. The predicted molar refractivity (Wildman–Crippen MR) is 90.2 cm³/mol. The molecule has 2 aliphatic rings. The number of aromatic amines is 2. The molecule has 0 aromatic carbocycles. The minimum Gasteiger partial charge on any atom is -0.380 e. The van der Waals surface area contributed by atoms with E-state index in [1.165, 1.54) is 0 Å². The summed E-state index contributed by atoms with van der Waals surface area (Å²) in [5.74, 6) is 2.29. The average molecular weight is 344 g/mol. The third-order valence-corrected chi connectivity index (χ3v) is 5.07. The normalized spacial score (nSPS) is 23.6. The van der Waals surface area contributed by atoms with Crippen molar-refractivity contribution < 1.29 is 9.53 Å². The van der Waals surface area contributed by atoms with Gasteiger partial charge in [-0.15, -0.1) is 0 Å². The van der Waals surface area contributed by atoms with E-state index in [0.29, 0.717) is 30.5 Å². The molecule has 1 amide bonds. The fourth-order valence-electron chi connectivity index (χ4n) is 3.30. The molecule has 8 heteroatoms. The van der Waals surface area contributed by atoms with Crippen LogP contribution < -0.4 is 0 Å². The number of hydrogen-bond acceptors (Lipinski definition) is 5. The number of carbonyl (C=O) groups excluding carboxylic acids is 1. The van der Waals surface area contributed by atoms with Crippen molar-refractivity contribution in [3.63, 3.8) is 0 Å². The highest BCUT2D eigenvalue weighted by molar-refractivity contribution is 5.93. The van der Waals surface area contributed by atoms with E-state index in [-0.39, 0.29) is 18.1 Å². The van der Waals surface area contributed by atoms with Crippen molar-refractivity contribution in [3.05, 3.63) is 29.1 Å². The number of carbonyl (C=O) groups is 1. The molecule has 1 saturated carbocycles. The molecule has 0 radical (unpaired) electrons. The second kappa shape index (κ2) is 6.25. The Morgan fingerprint density at radius 3 is 2.76 bits per heavy atom. The molecule has 25 heavy (non-hydrogen) atoms. The molecule has 3 heterocycles. The molecule has 0 bridgehead atoms. The van der Waals surface area contributed by atoms with Gasteiger partial charge in [0.25, 0.3) is 5.91 Å². The Bertz CT molecular complexity index is 763. The minimum atomic E-state index is -0.156. The van der Waals surface area contributed by atoms with Crippen LogP contribution in [0.3, 0.4) is 0 Å². The van der Waals surface area contributed by atoms with Crippen molar-refractivity contribution in [1.29, 1.82) is 0 Å². The van der Waals surface area contributed by atoms with Crippen LogP contribution in [0.4, 0.5) is 0 Å². The zero-order valence-corrected chi connectivity index (χ0v) is 14.8. The van der Waals surface area contributed by atoms with Gasteiger partial charge in [0.2, 0.25) is 0 Å². The summed E-state index contributed by atoms with van der Waals surface area (Å²) in [5.41, 5.74) is 1.39. The largest absolute Gasteiger partial charge is 0.380 e. The summed E-state index contributed by atoms with van der Waals surface area (Å²) < 4.78 is 5.51. The highest BCUT2D eigenvalue weighted by Gasteiger charge is 2.40. The summed E-state index contributed by atoms with van der Waals surface area (Å²) >= 11 is 0. The van der Waals surface area contributed by atoms with Crippen LogP contribution in [0.25, 0.3) is 0 Å². The number of aromatic nitrogens is 5. The smallest absolute Gasteiger partial charge is 0.275 e. The van der Waals surface area contributed by atoms with Gasteiger partial charge in [0, 0.05) is 31.7 Å². The van der Waals surface area contributed by atoms with E-state index in [1.54, 1.807) is 12.0 Å². The van der Waals surface area contributed by atoms with E-state index in [1.807, 2.05) is 6.07 Å². The third kappa shape index (κ3) is 3.06. The van der Waals surface area contributed by atoms with Crippen molar-refractivity contribution in [2.24, 2.45) is 0 Å². The number of methoxy groups -OCH3 is 1. The van der Waals surface area contributed by atoms with Crippen LogP contribution in [-0.4, -0.2) is 55.9 Å². The first-order valence-corrected chi connectivity index (χ1v) is 8.88.